The predicted octanol–water partition coefficient (Wildman–Crippen LogP) is 3.94. The van der Waals surface area contributed by atoms with Gasteiger partial charge in [-0.25, -0.2) is 0 Å². The Morgan fingerprint density at radius 1 is 1.25 bits per heavy atom. The van der Waals surface area contributed by atoms with E-state index in [1.165, 1.54) is 19.3 Å². The number of rotatable bonds is 11. The molecule has 1 amide bonds. The van der Waals surface area contributed by atoms with Crippen LogP contribution in [0.3, 0.4) is 0 Å². The lowest BCUT2D eigenvalue weighted by molar-refractivity contribution is -0.143. The second kappa shape index (κ2) is 12.6. The summed E-state index contributed by atoms with van der Waals surface area (Å²) in [6, 6.07) is 0. The van der Waals surface area contributed by atoms with Gasteiger partial charge in [0.05, 0.1) is 6.61 Å². The fourth-order valence-electron chi connectivity index (χ4n) is 3.07. The van der Waals surface area contributed by atoms with Crippen LogP contribution in [-0.2, 0) is 14.3 Å². The van der Waals surface area contributed by atoms with Crippen molar-refractivity contribution in [2.24, 2.45) is 11.8 Å². The lowest BCUT2D eigenvalue weighted by atomic mass is 9.92. The van der Waals surface area contributed by atoms with Crippen molar-refractivity contribution in [2.75, 3.05) is 13.2 Å². The molecule has 134 valence electrons. The van der Waals surface area contributed by atoms with Crippen LogP contribution in [-0.4, -0.2) is 25.0 Å². The molecule has 4 heteroatoms. The number of carbonyl (C=O) groups is 2. The summed E-state index contributed by atoms with van der Waals surface area (Å²) >= 11 is 0. The van der Waals surface area contributed by atoms with Crippen LogP contribution in [0.25, 0.3) is 0 Å². The average molecular weight is 333 g/mol. The minimum atomic E-state index is -0.171. The Bertz CT molecular complexity index is 454. The van der Waals surface area contributed by atoms with Crippen LogP contribution in [0.5, 0.6) is 0 Å². The van der Waals surface area contributed by atoms with Crippen molar-refractivity contribution in [1.82, 2.24) is 5.32 Å². The van der Waals surface area contributed by atoms with Crippen LogP contribution >= 0.6 is 0 Å². The van der Waals surface area contributed by atoms with E-state index in [1.807, 2.05) is 12.2 Å². The van der Waals surface area contributed by atoms with E-state index in [9.17, 15) is 9.59 Å². The van der Waals surface area contributed by atoms with Gasteiger partial charge in [0.1, 0.15) is 0 Å². The van der Waals surface area contributed by atoms with Crippen LogP contribution in [0.2, 0.25) is 0 Å². The SMILES string of the molecule is C=CC[C@@H]1CCC[C@@H]1/C=C\C=C\C(=O)NCCCCC(=O)OCC. The monoisotopic (exact) mass is 333 g/mol. The molecule has 1 fully saturated rings. The molecule has 0 saturated heterocycles. The number of unbranched alkanes of at least 4 members (excludes halogenated alkanes) is 1. The Morgan fingerprint density at radius 3 is 2.83 bits per heavy atom. The van der Waals surface area contributed by atoms with E-state index >= 15 is 0 Å². The van der Waals surface area contributed by atoms with Crippen LogP contribution in [0, 0.1) is 11.8 Å². The van der Waals surface area contributed by atoms with Gasteiger partial charge in [-0.3, -0.25) is 9.59 Å². The highest BCUT2D eigenvalue weighted by molar-refractivity contribution is 5.87. The highest BCUT2D eigenvalue weighted by Gasteiger charge is 2.23. The van der Waals surface area contributed by atoms with Crippen molar-refractivity contribution < 1.29 is 14.3 Å². The third-order valence-electron chi connectivity index (χ3n) is 4.32. The molecule has 1 saturated carbocycles. The van der Waals surface area contributed by atoms with Gasteiger partial charge in [0, 0.05) is 19.0 Å². The molecule has 0 aliphatic heterocycles. The largest absolute Gasteiger partial charge is 0.466 e. The van der Waals surface area contributed by atoms with Crippen molar-refractivity contribution in [1.29, 1.82) is 0 Å². The summed E-state index contributed by atoms with van der Waals surface area (Å²) in [4.78, 5) is 22.8. The van der Waals surface area contributed by atoms with Gasteiger partial charge in [0.2, 0.25) is 5.91 Å². The quantitative estimate of drug-likeness (QED) is 0.205. The number of allylic oxidation sites excluding steroid dienone is 4. The lowest BCUT2D eigenvalue weighted by Crippen LogP contribution is -2.22. The highest BCUT2D eigenvalue weighted by Crippen LogP contribution is 2.35. The first kappa shape index (κ1) is 20.2. The van der Waals surface area contributed by atoms with Gasteiger partial charge in [-0.1, -0.05) is 30.7 Å². The third kappa shape index (κ3) is 8.70. The van der Waals surface area contributed by atoms with Gasteiger partial charge >= 0.3 is 5.97 Å². The van der Waals surface area contributed by atoms with Crippen molar-refractivity contribution in [3.05, 3.63) is 37.0 Å². The number of hydrogen-bond acceptors (Lipinski definition) is 3. The summed E-state index contributed by atoms with van der Waals surface area (Å²) < 4.78 is 4.85. The third-order valence-corrected chi connectivity index (χ3v) is 4.32. The summed E-state index contributed by atoms with van der Waals surface area (Å²) in [5, 5.41) is 2.82. The molecule has 0 aromatic heterocycles. The molecule has 0 aromatic carbocycles. The Kier molecular flexibility index (Phi) is 10.6. The number of carbonyl (C=O) groups excluding carboxylic acids is 2. The number of ether oxygens (including phenoxy) is 1. The highest BCUT2D eigenvalue weighted by atomic mass is 16.5. The van der Waals surface area contributed by atoms with Gasteiger partial charge < -0.3 is 10.1 Å². The molecule has 2 atom stereocenters. The molecule has 0 aromatic rings. The molecule has 1 aliphatic rings. The van der Waals surface area contributed by atoms with E-state index in [0.717, 1.165) is 19.3 Å². The summed E-state index contributed by atoms with van der Waals surface area (Å²) in [6.45, 7) is 6.62. The first-order valence-corrected chi connectivity index (χ1v) is 9.06. The molecular formula is C20H31NO3. The summed E-state index contributed by atoms with van der Waals surface area (Å²) in [7, 11) is 0. The minimum absolute atomic E-state index is 0.0927. The Balaban J connectivity index is 2.13. The summed E-state index contributed by atoms with van der Waals surface area (Å²) in [5.41, 5.74) is 0. The lowest BCUT2D eigenvalue weighted by Gasteiger charge is -2.13. The normalized spacial score (nSPS) is 20.5. The zero-order valence-corrected chi connectivity index (χ0v) is 14.8. The van der Waals surface area contributed by atoms with Gasteiger partial charge in [-0.05, 0) is 50.9 Å². The zero-order valence-electron chi connectivity index (χ0n) is 14.8. The number of esters is 1. The predicted molar refractivity (Wildman–Crippen MR) is 97.4 cm³/mol. The molecule has 0 unspecified atom stereocenters. The Morgan fingerprint density at radius 2 is 2.08 bits per heavy atom. The van der Waals surface area contributed by atoms with E-state index in [2.05, 4.69) is 18.0 Å². The second-order valence-corrected chi connectivity index (χ2v) is 6.18. The van der Waals surface area contributed by atoms with E-state index in [-0.39, 0.29) is 11.9 Å². The summed E-state index contributed by atoms with van der Waals surface area (Å²) in [6.07, 6.45) is 16.3. The molecule has 1 aliphatic carbocycles. The standard InChI is InChI=1S/C20H31NO3/c1-3-10-17-12-9-13-18(17)11-5-6-14-19(22)21-16-8-7-15-20(23)24-4-2/h3,5-6,11,14,17-18H,1,4,7-10,12-13,15-16H2,2H3,(H,21,22)/b11-5-,14-6+/t17-,18+/m1/s1. The summed E-state index contributed by atoms with van der Waals surface area (Å²) in [5.74, 6) is 1.05. The molecule has 0 heterocycles. The van der Waals surface area contributed by atoms with Gasteiger partial charge in [0.25, 0.3) is 0 Å². The molecule has 0 bridgehead atoms. The molecule has 0 spiro atoms. The number of hydrogen-bond donors (Lipinski definition) is 1. The smallest absolute Gasteiger partial charge is 0.305 e. The molecule has 0 radical (unpaired) electrons. The second-order valence-electron chi connectivity index (χ2n) is 6.18. The maximum Gasteiger partial charge on any atom is 0.305 e. The molecule has 1 rings (SSSR count). The Labute approximate surface area is 146 Å². The first-order valence-electron chi connectivity index (χ1n) is 9.06. The van der Waals surface area contributed by atoms with Crippen molar-refractivity contribution in [3.8, 4) is 0 Å². The zero-order chi connectivity index (χ0) is 17.6. The van der Waals surface area contributed by atoms with Gasteiger partial charge in [0.15, 0.2) is 0 Å². The maximum atomic E-state index is 11.7. The Hall–Kier alpha value is -1.84. The molecule has 24 heavy (non-hydrogen) atoms. The minimum Gasteiger partial charge on any atom is -0.466 e. The van der Waals surface area contributed by atoms with Crippen LogP contribution in [0.15, 0.2) is 37.0 Å². The van der Waals surface area contributed by atoms with E-state index in [1.54, 1.807) is 19.1 Å². The maximum absolute atomic E-state index is 11.7. The van der Waals surface area contributed by atoms with Gasteiger partial charge in [-0.15, -0.1) is 6.58 Å². The average Bonchev–Trinajstić information content (AvgIpc) is 2.99. The first-order chi connectivity index (χ1) is 11.7. The molecule has 1 N–H and O–H groups in total. The topological polar surface area (TPSA) is 55.4 Å². The van der Waals surface area contributed by atoms with E-state index in [0.29, 0.717) is 31.4 Å². The van der Waals surface area contributed by atoms with Crippen molar-refractivity contribution >= 4 is 11.9 Å². The van der Waals surface area contributed by atoms with Crippen LogP contribution in [0.4, 0.5) is 0 Å². The fraction of sp³-hybridized carbons (Fsp3) is 0.600. The van der Waals surface area contributed by atoms with Crippen LogP contribution < -0.4 is 5.32 Å². The van der Waals surface area contributed by atoms with Crippen molar-refractivity contribution in [2.45, 2.75) is 51.9 Å². The molecular weight excluding hydrogens is 302 g/mol. The molecule has 4 nitrogen and oxygen atoms in total. The van der Waals surface area contributed by atoms with Gasteiger partial charge in [-0.2, -0.15) is 0 Å². The van der Waals surface area contributed by atoms with Crippen molar-refractivity contribution in [3.63, 3.8) is 0 Å². The van der Waals surface area contributed by atoms with E-state index < -0.39 is 0 Å². The van der Waals surface area contributed by atoms with E-state index in [4.69, 9.17) is 4.74 Å². The fourth-order valence-corrected chi connectivity index (χ4v) is 3.07. The number of amides is 1. The number of nitrogens with one attached hydrogen (secondary N) is 1. The van der Waals surface area contributed by atoms with Crippen LogP contribution in [0.1, 0.15) is 51.9 Å².